The Balaban J connectivity index is 1.55. The predicted molar refractivity (Wildman–Crippen MR) is 155 cm³/mol. The van der Waals surface area contributed by atoms with Gasteiger partial charge in [-0.3, -0.25) is 4.79 Å². The van der Waals surface area contributed by atoms with Crippen molar-refractivity contribution in [2.24, 2.45) is 5.92 Å². The van der Waals surface area contributed by atoms with E-state index in [-0.39, 0.29) is 29.6 Å². The molecule has 39 heavy (non-hydrogen) atoms. The number of nitrogens with one attached hydrogen (secondary N) is 1. The van der Waals surface area contributed by atoms with Gasteiger partial charge in [-0.1, -0.05) is 13.8 Å². The second kappa shape index (κ2) is 13.6. The second-order valence-corrected chi connectivity index (χ2v) is 12.3. The molecule has 10 heteroatoms. The highest BCUT2D eigenvalue weighted by Gasteiger charge is 2.26. The maximum absolute atomic E-state index is 15.0. The fraction of sp³-hybridized carbons (Fsp3) is 0.552. The Hall–Kier alpha value is -2.69. The molecular weight excluding hydrogens is 519 g/mol. The van der Waals surface area contributed by atoms with Crippen LogP contribution in [-0.2, 0) is 14.8 Å². The van der Waals surface area contributed by atoms with Crippen LogP contribution in [0.5, 0.6) is 5.75 Å². The van der Waals surface area contributed by atoms with Gasteiger partial charge in [0.05, 0.1) is 17.7 Å². The number of benzene rings is 2. The number of halogens is 1. The first kappa shape index (κ1) is 30.8. The van der Waals surface area contributed by atoms with Crippen molar-refractivity contribution in [2.45, 2.75) is 51.9 Å². The highest BCUT2D eigenvalue weighted by atomic mass is 32.2. The molecule has 1 aliphatic rings. The number of amides is 1. The van der Waals surface area contributed by atoms with Gasteiger partial charge in [-0.15, -0.1) is 0 Å². The quantitative estimate of drug-likeness (QED) is 0.405. The summed E-state index contributed by atoms with van der Waals surface area (Å²) in [6.45, 7) is 12.6. The lowest BCUT2D eigenvalue weighted by Crippen LogP contribution is -2.39. The van der Waals surface area contributed by atoms with Crippen LogP contribution in [0, 0.1) is 25.6 Å². The van der Waals surface area contributed by atoms with Crippen LogP contribution < -0.4 is 15.0 Å². The van der Waals surface area contributed by atoms with Gasteiger partial charge in [0.25, 0.3) is 0 Å². The molecule has 0 aliphatic carbocycles. The largest absolute Gasteiger partial charge is 0.497 e. The Morgan fingerprint density at radius 2 is 1.72 bits per heavy atom. The van der Waals surface area contributed by atoms with E-state index >= 15 is 0 Å². The molecule has 0 saturated carbocycles. The number of anilines is 2. The van der Waals surface area contributed by atoms with Gasteiger partial charge >= 0.3 is 0 Å². The maximum atomic E-state index is 15.0. The zero-order valence-corrected chi connectivity index (χ0v) is 24.9. The number of rotatable bonds is 12. The molecule has 0 atom stereocenters. The third-order valence-corrected chi connectivity index (χ3v) is 9.75. The van der Waals surface area contributed by atoms with Crippen LogP contribution in [0.25, 0.3) is 0 Å². The first-order valence-corrected chi connectivity index (χ1v) is 15.1. The Morgan fingerprint density at radius 1 is 1.10 bits per heavy atom. The zero-order valence-electron chi connectivity index (χ0n) is 24.1. The summed E-state index contributed by atoms with van der Waals surface area (Å²) in [4.78, 5) is 17.3. The minimum Gasteiger partial charge on any atom is -0.497 e. The van der Waals surface area contributed by atoms with Crippen molar-refractivity contribution in [1.29, 1.82) is 0 Å². The molecule has 8 nitrogen and oxygen atoms in total. The standard InChI is InChI=1S/C29H43FN4O4S/c1-7-33(8-2)20-23-11-15-34(16-12-23)27-10-9-24(19-26(27)30)31-28(35)13-14-32(5)39(36,37)29-21(3)17-25(38-6)18-22(29)4/h9-10,17-19,23H,7-8,11-16,20H2,1-6H3,(H,31,35). The highest BCUT2D eigenvalue weighted by molar-refractivity contribution is 7.89. The van der Waals surface area contributed by atoms with Crippen LogP contribution in [0.1, 0.15) is 44.2 Å². The second-order valence-electron chi connectivity index (χ2n) is 10.3. The molecule has 0 radical (unpaired) electrons. The molecule has 2 aromatic carbocycles. The first-order valence-electron chi connectivity index (χ1n) is 13.7. The number of hydrogen-bond donors (Lipinski definition) is 1. The van der Waals surface area contributed by atoms with Crippen LogP contribution in [0.15, 0.2) is 35.2 Å². The molecule has 1 N–H and O–H groups in total. The molecular formula is C29H43FN4O4S. The first-order chi connectivity index (χ1) is 18.5. The molecule has 0 bridgehead atoms. The summed E-state index contributed by atoms with van der Waals surface area (Å²) in [7, 11) is -0.822. The van der Waals surface area contributed by atoms with Gasteiger partial charge in [-0.25, -0.2) is 17.1 Å². The number of piperidine rings is 1. The van der Waals surface area contributed by atoms with Crippen molar-refractivity contribution in [1.82, 2.24) is 9.21 Å². The van der Waals surface area contributed by atoms with E-state index in [1.165, 1.54) is 24.5 Å². The average Bonchev–Trinajstić information content (AvgIpc) is 2.90. The molecule has 1 heterocycles. The molecule has 0 aromatic heterocycles. The van der Waals surface area contributed by atoms with E-state index in [1.54, 1.807) is 38.1 Å². The van der Waals surface area contributed by atoms with Crippen LogP contribution in [-0.4, -0.2) is 77.0 Å². The summed E-state index contributed by atoms with van der Waals surface area (Å²) in [5, 5.41) is 2.70. The summed E-state index contributed by atoms with van der Waals surface area (Å²) in [5.41, 5.74) is 2.05. The van der Waals surface area contributed by atoms with Crippen molar-refractivity contribution in [3.05, 3.63) is 47.3 Å². The van der Waals surface area contributed by atoms with Gasteiger partial charge < -0.3 is 19.9 Å². The number of nitrogens with zero attached hydrogens (tertiary/aromatic N) is 3. The van der Waals surface area contributed by atoms with E-state index < -0.39 is 10.0 Å². The maximum Gasteiger partial charge on any atom is 0.243 e. The van der Waals surface area contributed by atoms with E-state index in [0.29, 0.717) is 34.2 Å². The zero-order chi connectivity index (χ0) is 28.7. The smallest absolute Gasteiger partial charge is 0.243 e. The molecule has 216 valence electrons. The van der Waals surface area contributed by atoms with Crippen LogP contribution in [0.2, 0.25) is 0 Å². The third kappa shape index (κ3) is 7.70. The molecule has 3 rings (SSSR count). The van der Waals surface area contributed by atoms with Gasteiger partial charge in [0.2, 0.25) is 15.9 Å². The number of aryl methyl sites for hydroxylation is 2. The Labute approximate surface area is 233 Å². The van der Waals surface area contributed by atoms with Crippen molar-refractivity contribution >= 4 is 27.3 Å². The van der Waals surface area contributed by atoms with Gasteiger partial charge in [0.15, 0.2) is 0 Å². The van der Waals surface area contributed by atoms with E-state index in [1.807, 2.05) is 0 Å². The summed E-state index contributed by atoms with van der Waals surface area (Å²) >= 11 is 0. The molecule has 1 aliphatic heterocycles. The SMILES string of the molecule is CCN(CC)CC1CCN(c2ccc(NC(=O)CCN(C)S(=O)(=O)c3c(C)cc(OC)cc3C)cc2F)CC1. The van der Waals surface area contributed by atoms with E-state index in [9.17, 15) is 17.6 Å². The summed E-state index contributed by atoms with van der Waals surface area (Å²) < 4.78 is 47.7. The van der Waals surface area contributed by atoms with E-state index in [0.717, 1.165) is 45.6 Å². The van der Waals surface area contributed by atoms with E-state index in [2.05, 4.69) is 29.0 Å². The average molecular weight is 563 g/mol. The van der Waals surface area contributed by atoms with Crippen molar-refractivity contribution in [3.8, 4) is 5.75 Å². The molecule has 1 fully saturated rings. The van der Waals surface area contributed by atoms with Gasteiger partial charge in [0.1, 0.15) is 11.6 Å². The van der Waals surface area contributed by atoms with Crippen molar-refractivity contribution < 1.29 is 22.3 Å². The fourth-order valence-corrected chi connectivity index (χ4v) is 6.81. The Kier molecular flexibility index (Phi) is 10.7. The van der Waals surface area contributed by atoms with Gasteiger partial charge in [-0.2, -0.15) is 0 Å². The van der Waals surface area contributed by atoms with Crippen LogP contribution >= 0.6 is 0 Å². The normalized spacial score (nSPS) is 14.7. The molecule has 0 spiro atoms. The lowest BCUT2D eigenvalue weighted by molar-refractivity contribution is -0.116. The summed E-state index contributed by atoms with van der Waals surface area (Å²) in [6, 6.07) is 8.09. The summed E-state index contributed by atoms with van der Waals surface area (Å²) in [6.07, 6.45) is 1.99. The molecule has 0 unspecified atom stereocenters. The van der Waals surface area contributed by atoms with Crippen LogP contribution in [0.4, 0.5) is 15.8 Å². The molecule has 2 aromatic rings. The number of carbonyl (C=O) groups excluding carboxylic acids is 1. The number of ether oxygens (including phenoxy) is 1. The van der Waals surface area contributed by atoms with Crippen LogP contribution in [0.3, 0.4) is 0 Å². The van der Waals surface area contributed by atoms with Gasteiger partial charge in [-0.05, 0) is 87.2 Å². The topological polar surface area (TPSA) is 82.2 Å². The molecule has 1 amide bonds. The lowest BCUT2D eigenvalue weighted by Gasteiger charge is -2.35. The predicted octanol–water partition coefficient (Wildman–Crippen LogP) is 4.66. The van der Waals surface area contributed by atoms with Gasteiger partial charge in [0, 0.05) is 45.3 Å². The Bertz CT molecular complexity index is 1220. The van der Waals surface area contributed by atoms with Crippen molar-refractivity contribution in [2.75, 3.05) is 63.6 Å². The number of sulfonamides is 1. The third-order valence-electron chi connectivity index (χ3n) is 7.59. The minimum atomic E-state index is -3.80. The lowest BCUT2D eigenvalue weighted by atomic mass is 9.95. The highest BCUT2D eigenvalue weighted by Crippen LogP contribution is 2.29. The van der Waals surface area contributed by atoms with E-state index in [4.69, 9.17) is 4.74 Å². The molecule has 1 saturated heterocycles. The monoisotopic (exact) mass is 562 g/mol. The van der Waals surface area contributed by atoms with Crippen molar-refractivity contribution in [3.63, 3.8) is 0 Å². The summed E-state index contributed by atoms with van der Waals surface area (Å²) in [5.74, 6) is 0.455. The number of methoxy groups -OCH3 is 1. The fourth-order valence-electron chi connectivity index (χ4n) is 5.24. The minimum absolute atomic E-state index is 0.0118. The number of hydrogen-bond acceptors (Lipinski definition) is 6. The number of carbonyl (C=O) groups is 1. The Morgan fingerprint density at radius 3 is 2.26 bits per heavy atom.